The van der Waals surface area contributed by atoms with E-state index in [-0.39, 0.29) is 5.25 Å². The fourth-order valence-corrected chi connectivity index (χ4v) is 4.80. The third kappa shape index (κ3) is 3.11. The molecule has 1 saturated carbocycles. The van der Waals surface area contributed by atoms with Crippen molar-refractivity contribution in [2.24, 2.45) is 0 Å². The number of alkyl halides is 1. The largest absolute Gasteiger partial charge is 0.215 e. The van der Waals surface area contributed by atoms with E-state index >= 15 is 0 Å². The summed E-state index contributed by atoms with van der Waals surface area (Å²) in [5, 5.41) is -0.201. The minimum absolute atomic E-state index is 0.201. The fraction of sp³-hybridized carbons (Fsp3) is 1.00. The zero-order valence-corrected chi connectivity index (χ0v) is 11.7. The lowest BCUT2D eigenvalue weighted by atomic mass is 9.97. The van der Waals surface area contributed by atoms with Crippen molar-refractivity contribution < 1.29 is 8.42 Å². The number of nitrogens with one attached hydrogen (secondary N) is 1. The molecule has 0 atom stereocenters. The van der Waals surface area contributed by atoms with E-state index in [1.165, 1.54) is 0 Å². The highest BCUT2D eigenvalue weighted by molar-refractivity contribution is 7.90. The molecule has 3 nitrogen and oxygen atoms in total. The molecular weight excluding hydrogens is 246 g/mol. The Kier molecular flexibility index (Phi) is 5.08. The highest BCUT2D eigenvalue weighted by Crippen LogP contribution is 2.27. The van der Waals surface area contributed by atoms with Gasteiger partial charge in [-0.3, -0.25) is 0 Å². The Bertz CT molecular complexity index is 298. The smallest absolute Gasteiger partial charge is 0.212 e. The van der Waals surface area contributed by atoms with Gasteiger partial charge in [0.15, 0.2) is 0 Å². The van der Waals surface area contributed by atoms with Crippen LogP contribution >= 0.6 is 11.6 Å². The first-order valence-electron chi connectivity index (χ1n) is 6.08. The molecule has 1 rings (SSSR count). The average molecular weight is 268 g/mol. The van der Waals surface area contributed by atoms with Crippen LogP contribution in [-0.2, 0) is 10.0 Å². The lowest BCUT2D eigenvalue weighted by molar-refractivity contribution is 0.391. The number of halogens is 1. The summed E-state index contributed by atoms with van der Waals surface area (Å²) in [4.78, 5) is 0. The van der Waals surface area contributed by atoms with Gasteiger partial charge in [-0.25, -0.2) is 13.1 Å². The summed E-state index contributed by atoms with van der Waals surface area (Å²) < 4.78 is 27.1. The highest BCUT2D eigenvalue weighted by atomic mass is 35.5. The van der Waals surface area contributed by atoms with Crippen LogP contribution in [0.1, 0.15) is 52.4 Å². The maximum absolute atomic E-state index is 12.2. The summed E-state index contributed by atoms with van der Waals surface area (Å²) in [7, 11) is -3.19. The van der Waals surface area contributed by atoms with Gasteiger partial charge < -0.3 is 0 Å². The molecule has 0 radical (unpaired) electrons. The van der Waals surface area contributed by atoms with Crippen LogP contribution in [-0.4, -0.2) is 25.1 Å². The van der Waals surface area contributed by atoms with Gasteiger partial charge in [-0.15, -0.1) is 11.6 Å². The molecule has 0 bridgehead atoms. The number of hydrogen-bond donors (Lipinski definition) is 1. The number of rotatable bonds is 6. The second-order valence-corrected chi connectivity index (χ2v) is 6.90. The van der Waals surface area contributed by atoms with Crippen LogP contribution < -0.4 is 4.72 Å². The standard InChI is InChI=1S/C11H22ClNO2S/c1-3-11(4-2,9-12)13-16(14,15)10-7-5-6-8-10/h10,13H,3-9H2,1-2H3. The van der Waals surface area contributed by atoms with Crippen molar-refractivity contribution in [3.63, 3.8) is 0 Å². The van der Waals surface area contributed by atoms with Crippen LogP contribution in [0.15, 0.2) is 0 Å². The molecule has 96 valence electrons. The van der Waals surface area contributed by atoms with Crippen LogP contribution in [0.25, 0.3) is 0 Å². The lowest BCUT2D eigenvalue weighted by Crippen LogP contribution is -2.51. The van der Waals surface area contributed by atoms with Crippen LogP contribution in [0.3, 0.4) is 0 Å². The van der Waals surface area contributed by atoms with E-state index in [0.717, 1.165) is 38.5 Å². The predicted octanol–water partition coefficient (Wildman–Crippen LogP) is 2.65. The van der Waals surface area contributed by atoms with Crippen LogP contribution in [0.4, 0.5) is 0 Å². The zero-order valence-electron chi connectivity index (χ0n) is 10.1. The van der Waals surface area contributed by atoms with E-state index in [1.807, 2.05) is 13.8 Å². The lowest BCUT2D eigenvalue weighted by Gasteiger charge is -2.31. The molecule has 0 amide bonds. The molecule has 1 aliphatic rings. The second-order valence-electron chi connectivity index (χ2n) is 4.67. The Balaban J connectivity index is 2.76. The normalized spacial score (nSPS) is 19.2. The summed E-state index contributed by atoms with van der Waals surface area (Å²) in [6, 6.07) is 0. The first-order chi connectivity index (χ1) is 7.49. The summed E-state index contributed by atoms with van der Waals surface area (Å²) in [6.07, 6.45) is 5.11. The number of sulfonamides is 1. The summed E-state index contributed by atoms with van der Waals surface area (Å²) in [5.41, 5.74) is -0.455. The summed E-state index contributed by atoms with van der Waals surface area (Å²) in [6.45, 7) is 3.95. The maximum atomic E-state index is 12.2. The van der Waals surface area contributed by atoms with Gasteiger partial charge in [0.2, 0.25) is 10.0 Å². The third-order valence-corrected chi connectivity index (χ3v) is 6.29. The Morgan fingerprint density at radius 3 is 2.12 bits per heavy atom. The Morgan fingerprint density at radius 1 is 1.25 bits per heavy atom. The van der Waals surface area contributed by atoms with Crippen molar-refractivity contribution in [3.8, 4) is 0 Å². The van der Waals surface area contributed by atoms with Crippen LogP contribution in [0, 0.1) is 0 Å². The second kappa shape index (κ2) is 5.69. The molecule has 0 aromatic carbocycles. The van der Waals surface area contributed by atoms with Gasteiger partial charge in [0.25, 0.3) is 0 Å². The average Bonchev–Trinajstić information content (AvgIpc) is 2.80. The Morgan fingerprint density at radius 2 is 1.75 bits per heavy atom. The van der Waals surface area contributed by atoms with Crippen LogP contribution in [0.5, 0.6) is 0 Å². The molecule has 0 aromatic heterocycles. The minimum Gasteiger partial charge on any atom is -0.212 e. The predicted molar refractivity (Wildman–Crippen MR) is 68.3 cm³/mol. The van der Waals surface area contributed by atoms with E-state index in [2.05, 4.69) is 4.72 Å². The van der Waals surface area contributed by atoms with Crippen molar-refractivity contribution in [2.75, 3.05) is 5.88 Å². The number of hydrogen-bond acceptors (Lipinski definition) is 2. The molecule has 0 spiro atoms. The fourth-order valence-electron chi connectivity index (χ4n) is 2.19. The zero-order chi connectivity index (χ0) is 12.2. The molecule has 16 heavy (non-hydrogen) atoms. The van der Waals surface area contributed by atoms with E-state index in [0.29, 0.717) is 5.88 Å². The minimum atomic E-state index is -3.19. The van der Waals surface area contributed by atoms with Gasteiger partial charge in [0.05, 0.1) is 5.25 Å². The monoisotopic (exact) mass is 267 g/mol. The highest BCUT2D eigenvalue weighted by Gasteiger charge is 2.36. The van der Waals surface area contributed by atoms with Gasteiger partial charge in [-0.1, -0.05) is 26.7 Å². The van der Waals surface area contributed by atoms with E-state index < -0.39 is 15.6 Å². The van der Waals surface area contributed by atoms with E-state index in [9.17, 15) is 8.42 Å². The van der Waals surface area contributed by atoms with Crippen molar-refractivity contribution in [3.05, 3.63) is 0 Å². The summed E-state index contributed by atoms with van der Waals surface area (Å²) in [5.74, 6) is 0.339. The quantitative estimate of drug-likeness (QED) is 0.752. The van der Waals surface area contributed by atoms with Gasteiger partial charge in [-0.2, -0.15) is 0 Å². The molecular formula is C11H22ClNO2S. The first kappa shape index (κ1) is 14.3. The SMILES string of the molecule is CCC(CC)(CCl)NS(=O)(=O)C1CCCC1. The first-order valence-corrected chi connectivity index (χ1v) is 8.16. The molecule has 0 unspecified atom stereocenters. The molecule has 1 fully saturated rings. The van der Waals surface area contributed by atoms with E-state index in [4.69, 9.17) is 11.6 Å². The Labute approximate surface area is 104 Å². The molecule has 0 heterocycles. The summed E-state index contributed by atoms with van der Waals surface area (Å²) >= 11 is 5.91. The van der Waals surface area contributed by atoms with Crippen LogP contribution in [0.2, 0.25) is 0 Å². The molecule has 1 aliphatic carbocycles. The van der Waals surface area contributed by atoms with Gasteiger partial charge >= 0.3 is 0 Å². The molecule has 1 N–H and O–H groups in total. The third-order valence-electron chi connectivity index (χ3n) is 3.71. The molecule has 0 aliphatic heterocycles. The van der Waals surface area contributed by atoms with Crippen molar-refractivity contribution in [2.45, 2.75) is 63.2 Å². The molecule has 0 aromatic rings. The van der Waals surface area contributed by atoms with Crippen molar-refractivity contribution in [1.29, 1.82) is 0 Å². The van der Waals surface area contributed by atoms with Gasteiger partial charge in [0.1, 0.15) is 0 Å². The van der Waals surface area contributed by atoms with Crippen molar-refractivity contribution in [1.82, 2.24) is 4.72 Å². The van der Waals surface area contributed by atoms with Crippen molar-refractivity contribution >= 4 is 21.6 Å². The molecule has 0 saturated heterocycles. The van der Waals surface area contributed by atoms with E-state index in [1.54, 1.807) is 0 Å². The Hall–Kier alpha value is 0.200. The maximum Gasteiger partial charge on any atom is 0.215 e. The van der Waals surface area contributed by atoms with Gasteiger partial charge in [0, 0.05) is 11.4 Å². The topological polar surface area (TPSA) is 46.2 Å². The molecule has 5 heteroatoms. The van der Waals surface area contributed by atoms with Gasteiger partial charge in [-0.05, 0) is 25.7 Å².